The zero-order valence-corrected chi connectivity index (χ0v) is 15.9. The highest BCUT2D eigenvalue weighted by molar-refractivity contribution is 6.46. The van der Waals surface area contributed by atoms with Gasteiger partial charge in [0.15, 0.2) is 0 Å². The molecule has 1 unspecified atom stereocenters. The van der Waals surface area contributed by atoms with Crippen molar-refractivity contribution in [1.82, 2.24) is 4.90 Å². The van der Waals surface area contributed by atoms with Crippen LogP contribution in [0, 0.1) is 10.1 Å². The minimum absolute atomic E-state index is 0.0845. The summed E-state index contributed by atoms with van der Waals surface area (Å²) in [4.78, 5) is 37.1. The van der Waals surface area contributed by atoms with Gasteiger partial charge in [-0.2, -0.15) is 0 Å². The fourth-order valence-corrected chi connectivity index (χ4v) is 3.32. The number of ether oxygens (including phenoxy) is 1. The van der Waals surface area contributed by atoms with E-state index in [-0.39, 0.29) is 43.2 Å². The topological polar surface area (TPSA) is 130 Å². The molecule has 9 nitrogen and oxygen atoms in total. The van der Waals surface area contributed by atoms with Gasteiger partial charge in [0.05, 0.1) is 36.4 Å². The molecular formula is C21H20N2O7. The first-order valence-corrected chi connectivity index (χ1v) is 9.22. The number of amides is 1. The second kappa shape index (κ2) is 9.29. The Balaban J connectivity index is 2.03. The van der Waals surface area contributed by atoms with Crippen LogP contribution in [0.3, 0.4) is 0 Å². The number of hydrogen-bond acceptors (Lipinski definition) is 7. The number of ketones is 1. The van der Waals surface area contributed by atoms with E-state index in [9.17, 15) is 24.8 Å². The SMILES string of the molecule is O=C1C(=O)N(CCOCCO)C(c2ccccc2)/C1=C(\O)c1ccc([N+](=O)[O-])cc1. The van der Waals surface area contributed by atoms with E-state index in [0.717, 1.165) is 0 Å². The van der Waals surface area contributed by atoms with Gasteiger partial charge in [0.1, 0.15) is 5.76 Å². The molecule has 156 valence electrons. The van der Waals surface area contributed by atoms with Crippen molar-refractivity contribution in [3.63, 3.8) is 0 Å². The van der Waals surface area contributed by atoms with E-state index in [1.807, 2.05) is 0 Å². The Morgan fingerprint density at radius 3 is 2.33 bits per heavy atom. The standard InChI is InChI=1S/C21H20N2O7/c24-11-13-30-12-10-22-18(14-4-2-1-3-5-14)17(20(26)21(22)27)19(25)15-6-8-16(9-7-15)23(28)29/h1-9,18,24-25H,10-13H2/b19-17+. The number of aliphatic hydroxyl groups is 2. The third-order valence-electron chi connectivity index (χ3n) is 4.72. The smallest absolute Gasteiger partial charge is 0.295 e. The summed E-state index contributed by atoms with van der Waals surface area (Å²) in [5.74, 6) is -2.03. The van der Waals surface area contributed by atoms with Crippen molar-refractivity contribution >= 4 is 23.1 Å². The van der Waals surface area contributed by atoms with Crippen molar-refractivity contribution in [2.24, 2.45) is 0 Å². The third kappa shape index (κ3) is 4.22. The van der Waals surface area contributed by atoms with Crippen LogP contribution in [0.1, 0.15) is 17.2 Å². The van der Waals surface area contributed by atoms with Gasteiger partial charge in [-0.3, -0.25) is 19.7 Å². The lowest BCUT2D eigenvalue weighted by Crippen LogP contribution is -2.33. The molecule has 0 spiro atoms. The van der Waals surface area contributed by atoms with Crippen molar-refractivity contribution in [2.75, 3.05) is 26.4 Å². The summed E-state index contributed by atoms with van der Waals surface area (Å²) in [6.45, 7) is 0.124. The van der Waals surface area contributed by atoms with Crippen LogP contribution < -0.4 is 0 Å². The van der Waals surface area contributed by atoms with Gasteiger partial charge in [0.2, 0.25) is 0 Å². The Labute approximate surface area is 172 Å². The highest BCUT2D eigenvalue weighted by Gasteiger charge is 2.45. The Kier molecular flexibility index (Phi) is 6.55. The average Bonchev–Trinajstić information content (AvgIpc) is 3.01. The van der Waals surface area contributed by atoms with Crippen molar-refractivity contribution in [1.29, 1.82) is 0 Å². The normalized spacial score (nSPS) is 18.0. The second-order valence-electron chi connectivity index (χ2n) is 6.54. The molecule has 1 amide bonds. The van der Waals surface area contributed by atoms with Gasteiger partial charge < -0.3 is 19.8 Å². The molecule has 0 bridgehead atoms. The molecule has 1 aliphatic heterocycles. The summed E-state index contributed by atoms with van der Waals surface area (Å²) < 4.78 is 5.23. The van der Waals surface area contributed by atoms with E-state index in [0.29, 0.717) is 5.56 Å². The third-order valence-corrected chi connectivity index (χ3v) is 4.72. The van der Waals surface area contributed by atoms with Gasteiger partial charge in [-0.1, -0.05) is 30.3 Å². The molecule has 2 aromatic carbocycles. The molecule has 0 aliphatic carbocycles. The maximum absolute atomic E-state index is 12.8. The number of rotatable bonds is 8. The Hall–Kier alpha value is -3.56. The van der Waals surface area contributed by atoms with Gasteiger partial charge in [0.25, 0.3) is 17.4 Å². The zero-order chi connectivity index (χ0) is 21.7. The van der Waals surface area contributed by atoms with Crippen LogP contribution in [0.4, 0.5) is 5.69 Å². The van der Waals surface area contributed by atoms with Crippen molar-refractivity contribution < 1.29 is 29.5 Å². The quantitative estimate of drug-likeness (QED) is 0.169. The molecular weight excluding hydrogens is 392 g/mol. The van der Waals surface area contributed by atoms with Gasteiger partial charge in [0, 0.05) is 24.2 Å². The Bertz CT molecular complexity index is 971. The van der Waals surface area contributed by atoms with Gasteiger partial charge in [-0.15, -0.1) is 0 Å². The van der Waals surface area contributed by atoms with Gasteiger partial charge in [-0.25, -0.2) is 0 Å². The number of nitro benzene ring substituents is 1. The predicted octanol–water partition coefficient (Wildman–Crippen LogP) is 2.03. The first-order chi connectivity index (χ1) is 14.5. The van der Waals surface area contributed by atoms with E-state index in [4.69, 9.17) is 9.84 Å². The van der Waals surface area contributed by atoms with Crippen LogP contribution in [0.15, 0.2) is 60.2 Å². The van der Waals surface area contributed by atoms with Crippen LogP contribution in [0.25, 0.3) is 5.76 Å². The van der Waals surface area contributed by atoms with Crippen LogP contribution in [-0.2, 0) is 14.3 Å². The molecule has 2 aromatic rings. The lowest BCUT2D eigenvalue weighted by atomic mass is 9.95. The van der Waals surface area contributed by atoms with E-state index in [1.165, 1.54) is 29.2 Å². The molecule has 1 aliphatic rings. The minimum atomic E-state index is -0.845. The van der Waals surface area contributed by atoms with E-state index in [1.54, 1.807) is 30.3 Å². The molecule has 0 radical (unpaired) electrons. The van der Waals surface area contributed by atoms with Crippen molar-refractivity contribution in [3.05, 3.63) is 81.4 Å². The molecule has 1 heterocycles. The zero-order valence-electron chi connectivity index (χ0n) is 15.9. The lowest BCUT2D eigenvalue weighted by molar-refractivity contribution is -0.384. The van der Waals surface area contributed by atoms with Crippen LogP contribution in [0.5, 0.6) is 0 Å². The van der Waals surface area contributed by atoms with Crippen molar-refractivity contribution in [3.8, 4) is 0 Å². The number of carbonyl (C=O) groups is 2. The Morgan fingerprint density at radius 1 is 1.07 bits per heavy atom. The number of benzene rings is 2. The monoisotopic (exact) mass is 412 g/mol. The minimum Gasteiger partial charge on any atom is -0.507 e. The maximum atomic E-state index is 12.8. The lowest BCUT2D eigenvalue weighted by Gasteiger charge is -2.25. The number of non-ortho nitro benzene ring substituents is 1. The molecule has 1 atom stereocenters. The van der Waals surface area contributed by atoms with Gasteiger partial charge >= 0.3 is 0 Å². The van der Waals surface area contributed by atoms with Gasteiger partial charge in [-0.05, 0) is 17.7 Å². The van der Waals surface area contributed by atoms with E-state index in [2.05, 4.69) is 0 Å². The fourth-order valence-electron chi connectivity index (χ4n) is 3.32. The Morgan fingerprint density at radius 2 is 1.73 bits per heavy atom. The molecule has 3 rings (SSSR count). The van der Waals surface area contributed by atoms with E-state index >= 15 is 0 Å². The second-order valence-corrected chi connectivity index (χ2v) is 6.54. The summed E-state index contributed by atoms with van der Waals surface area (Å²) in [6.07, 6.45) is 0. The first-order valence-electron chi connectivity index (χ1n) is 9.22. The largest absolute Gasteiger partial charge is 0.507 e. The first kappa shape index (κ1) is 21.2. The average molecular weight is 412 g/mol. The van der Waals surface area contributed by atoms with E-state index < -0.39 is 28.4 Å². The number of likely N-dealkylation sites (tertiary alicyclic amines) is 1. The molecule has 1 saturated heterocycles. The summed E-state index contributed by atoms with van der Waals surface area (Å²) in [5.41, 5.74) is 0.563. The van der Waals surface area contributed by atoms with Crippen LogP contribution >= 0.6 is 0 Å². The number of hydrogen-bond donors (Lipinski definition) is 2. The van der Waals surface area contributed by atoms with Crippen LogP contribution in [-0.4, -0.2) is 58.1 Å². The highest BCUT2D eigenvalue weighted by atomic mass is 16.6. The molecule has 0 saturated carbocycles. The molecule has 9 heteroatoms. The van der Waals surface area contributed by atoms with Crippen molar-refractivity contribution in [2.45, 2.75) is 6.04 Å². The summed E-state index contributed by atoms with van der Waals surface area (Å²) >= 11 is 0. The molecule has 30 heavy (non-hydrogen) atoms. The molecule has 0 aromatic heterocycles. The number of carbonyl (C=O) groups excluding carboxylic acids is 2. The molecule has 1 fully saturated rings. The summed E-state index contributed by atoms with van der Waals surface area (Å²) in [6, 6.07) is 13.0. The number of nitrogens with zero attached hydrogens (tertiary/aromatic N) is 2. The summed E-state index contributed by atoms with van der Waals surface area (Å²) in [7, 11) is 0. The summed E-state index contributed by atoms with van der Waals surface area (Å²) in [5, 5.41) is 30.5. The molecule has 2 N–H and O–H groups in total. The maximum Gasteiger partial charge on any atom is 0.295 e. The highest BCUT2D eigenvalue weighted by Crippen LogP contribution is 2.39. The number of Topliss-reactive ketones (excluding diaryl/α,β-unsaturated/α-hetero) is 1. The number of aliphatic hydroxyl groups excluding tert-OH is 2. The number of nitro groups is 1. The van der Waals surface area contributed by atoms with Crippen LogP contribution in [0.2, 0.25) is 0 Å². The fraction of sp³-hybridized carbons (Fsp3) is 0.238. The predicted molar refractivity (Wildman–Crippen MR) is 106 cm³/mol.